The van der Waals surface area contributed by atoms with Crippen LogP contribution in [0.3, 0.4) is 0 Å². The van der Waals surface area contributed by atoms with Gasteiger partial charge in [-0.3, -0.25) is 9.59 Å². The molecule has 0 aliphatic heterocycles. The molecule has 0 unspecified atom stereocenters. The number of thioether (sulfide) groups is 1. The molecule has 26 heavy (non-hydrogen) atoms. The van der Waals surface area contributed by atoms with E-state index in [1.807, 2.05) is 56.3 Å². The van der Waals surface area contributed by atoms with E-state index in [4.69, 9.17) is 4.74 Å². The Kier molecular flexibility index (Phi) is 8.19. The fourth-order valence-electron chi connectivity index (χ4n) is 2.28. The van der Waals surface area contributed by atoms with E-state index in [0.29, 0.717) is 6.54 Å². The summed E-state index contributed by atoms with van der Waals surface area (Å²) in [6, 6.07) is 14.0. The van der Waals surface area contributed by atoms with Crippen molar-refractivity contribution in [2.75, 3.05) is 18.9 Å². The molecule has 0 aliphatic carbocycles. The van der Waals surface area contributed by atoms with Crippen molar-refractivity contribution < 1.29 is 14.3 Å². The van der Waals surface area contributed by atoms with Crippen LogP contribution >= 0.6 is 27.7 Å². The third kappa shape index (κ3) is 6.84. The van der Waals surface area contributed by atoms with Crippen molar-refractivity contribution in [1.29, 1.82) is 0 Å². The zero-order valence-corrected chi connectivity index (χ0v) is 17.3. The number of amides is 1. The van der Waals surface area contributed by atoms with Gasteiger partial charge in [-0.25, -0.2) is 0 Å². The molecule has 0 aliphatic rings. The van der Waals surface area contributed by atoms with Gasteiger partial charge >= 0.3 is 5.97 Å². The van der Waals surface area contributed by atoms with Crippen LogP contribution in [0.25, 0.3) is 0 Å². The second-order valence-electron chi connectivity index (χ2n) is 5.90. The van der Waals surface area contributed by atoms with E-state index >= 15 is 0 Å². The highest BCUT2D eigenvalue weighted by Gasteiger charge is 2.10. The smallest absolute Gasteiger partial charge is 0.316 e. The molecule has 1 amide bonds. The summed E-state index contributed by atoms with van der Waals surface area (Å²) in [5.41, 5.74) is 3.37. The van der Waals surface area contributed by atoms with E-state index < -0.39 is 5.97 Å². The maximum absolute atomic E-state index is 11.8. The standard InChI is InChI=1S/C20H22BrNO3S/c1-14-11-18(15(2)10-17(14)21)26-13-20(24)25-12-19(23)22-9-8-16-6-4-3-5-7-16/h3-7,10-11H,8-9,12-13H2,1-2H3,(H,22,23). The molecule has 2 rings (SSSR count). The minimum absolute atomic E-state index is 0.180. The van der Waals surface area contributed by atoms with Crippen LogP contribution in [0.1, 0.15) is 16.7 Å². The second-order valence-corrected chi connectivity index (χ2v) is 7.77. The Bertz CT molecular complexity index is 765. The van der Waals surface area contributed by atoms with Gasteiger partial charge in [-0.15, -0.1) is 11.8 Å². The number of carbonyl (C=O) groups is 2. The minimum atomic E-state index is -0.395. The Labute approximate surface area is 166 Å². The third-order valence-corrected chi connectivity index (χ3v) is 5.73. The van der Waals surface area contributed by atoms with Crippen molar-refractivity contribution in [1.82, 2.24) is 5.32 Å². The molecule has 0 atom stereocenters. The number of carbonyl (C=O) groups excluding carboxylic acids is 2. The predicted molar refractivity (Wildman–Crippen MR) is 108 cm³/mol. The van der Waals surface area contributed by atoms with Gasteiger partial charge in [0.25, 0.3) is 5.91 Å². The lowest BCUT2D eigenvalue weighted by molar-refractivity contribution is -0.145. The van der Waals surface area contributed by atoms with Crippen LogP contribution < -0.4 is 5.32 Å². The molecule has 0 heterocycles. The van der Waals surface area contributed by atoms with Crippen molar-refractivity contribution in [3.8, 4) is 0 Å². The van der Waals surface area contributed by atoms with Crippen molar-refractivity contribution in [2.24, 2.45) is 0 Å². The van der Waals surface area contributed by atoms with E-state index in [1.165, 1.54) is 11.8 Å². The highest BCUT2D eigenvalue weighted by atomic mass is 79.9. The second kappa shape index (κ2) is 10.4. The lowest BCUT2D eigenvalue weighted by Gasteiger charge is -2.09. The summed E-state index contributed by atoms with van der Waals surface area (Å²) in [6.45, 7) is 4.28. The zero-order chi connectivity index (χ0) is 18.9. The molecule has 0 fully saturated rings. The van der Waals surface area contributed by atoms with Gasteiger partial charge in [0, 0.05) is 15.9 Å². The number of nitrogens with one attached hydrogen (secondary N) is 1. The molecule has 0 saturated heterocycles. The van der Waals surface area contributed by atoms with Crippen molar-refractivity contribution in [3.63, 3.8) is 0 Å². The molecule has 2 aromatic carbocycles. The fourth-order valence-corrected chi connectivity index (χ4v) is 3.64. The lowest BCUT2D eigenvalue weighted by atomic mass is 10.1. The molecule has 0 saturated carbocycles. The van der Waals surface area contributed by atoms with Gasteiger partial charge < -0.3 is 10.1 Å². The van der Waals surface area contributed by atoms with Crippen LogP contribution in [0.5, 0.6) is 0 Å². The fraction of sp³-hybridized carbons (Fsp3) is 0.300. The Morgan fingerprint density at radius 1 is 1.12 bits per heavy atom. The maximum Gasteiger partial charge on any atom is 0.316 e. The number of ether oxygens (including phenoxy) is 1. The molecular formula is C20H22BrNO3S. The molecule has 0 radical (unpaired) electrons. The summed E-state index contributed by atoms with van der Waals surface area (Å²) in [5.74, 6) is -0.498. The van der Waals surface area contributed by atoms with E-state index in [0.717, 1.165) is 32.5 Å². The quantitative estimate of drug-likeness (QED) is 0.501. The predicted octanol–water partition coefficient (Wildman–Crippen LogP) is 4.06. The summed E-state index contributed by atoms with van der Waals surface area (Å²) in [4.78, 5) is 24.6. The highest BCUT2D eigenvalue weighted by Crippen LogP contribution is 2.28. The molecular weight excluding hydrogens is 414 g/mol. The Morgan fingerprint density at radius 3 is 2.58 bits per heavy atom. The van der Waals surface area contributed by atoms with Crippen LogP contribution in [0.15, 0.2) is 51.8 Å². The van der Waals surface area contributed by atoms with E-state index in [2.05, 4.69) is 21.2 Å². The Hall–Kier alpha value is -1.79. The van der Waals surface area contributed by atoms with Crippen LogP contribution in [0.4, 0.5) is 0 Å². The monoisotopic (exact) mass is 435 g/mol. The summed E-state index contributed by atoms with van der Waals surface area (Å²) >= 11 is 4.91. The van der Waals surface area contributed by atoms with Gasteiger partial charge in [0.2, 0.25) is 0 Å². The largest absolute Gasteiger partial charge is 0.455 e. The number of halogens is 1. The highest BCUT2D eigenvalue weighted by molar-refractivity contribution is 9.10. The summed E-state index contributed by atoms with van der Waals surface area (Å²) in [5, 5.41) is 2.75. The molecule has 2 aromatic rings. The average molecular weight is 436 g/mol. The van der Waals surface area contributed by atoms with Crippen molar-refractivity contribution in [2.45, 2.75) is 25.2 Å². The summed E-state index contributed by atoms with van der Waals surface area (Å²) < 4.78 is 6.09. The molecule has 138 valence electrons. The minimum Gasteiger partial charge on any atom is -0.455 e. The van der Waals surface area contributed by atoms with Gasteiger partial charge in [0.1, 0.15) is 0 Å². The number of hydrogen-bond acceptors (Lipinski definition) is 4. The lowest BCUT2D eigenvalue weighted by Crippen LogP contribution is -2.30. The molecule has 0 bridgehead atoms. The van der Waals surface area contributed by atoms with Gasteiger partial charge in [0.15, 0.2) is 6.61 Å². The maximum atomic E-state index is 11.8. The first-order valence-corrected chi connectivity index (χ1v) is 10.1. The first-order valence-electron chi connectivity index (χ1n) is 8.31. The molecule has 1 N–H and O–H groups in total. The number of rotatable bonds is 8. The summed E-state index contributed by atoms with van der Waals surface area (Å²) in [7, 11) is 0. The molecule has 6 heteroatoms. The van der Waals surface area contributed by atoms with Crippen LogP contribution in [0, 0.1) is 13.8 Å². The van der Waals surface area contributed by atoms with Gasteiger partial charge in [0.05, 0.1) is 5.75 Å². The SMILES string of the molecule is Cc1cc(SCC(=O)OCC(=O)NCCc2ccccc2)c(C)cc1Br. The van der Waals surface area contributed by atoms with Crippen molar-refractivity contribution in [3.05, 3.63) is 63.6 Å². The normalized spacial score (nSPS) is 10.4. The average Bonchev–Trinajstić information content (AvgIpc) is 2.63. The number of esters is 1. The first kappa shape index (κ1) is 20.5. The topological polar surface area (TPSA) is 55.4 Å². The van der Waals surface area contributed by atoms with Crippen LogP contribution in [-0.2, 0) is 20.7 Å². The van der Waals surface area contributed by atoms with Gasteiger partial charge in [-0.1, -0.05) is 46.3 Å². The molecule has 0 aromatic heterocycles. The van der Waals surface area contributed by atoms with Gasteiger partial charge in [-0.05, 0) is 49.1 Å². The zero-order valence-electron chi connectivity index (χ0n) is 14.9. The van der Waals surface area contributed by atoms with Gasteiger partial charge in [-0.2, -0.15) is 0 Å². The third-order valence-electron chi connectivity index (χ3n) is 3.74. The van der Waals surface area contributed by atoms with Crippen LogP contribution in [0.2, 0.25) is 0 Å². The number of aryl methyl sites for hydroxylation is 2. The molecule has 4 nitrogen and oxygen atoms in total. The Balaban J connectivity index is 1.66. The Morgan fingerprint density at radius 2 is 1.85 bits per heavy atom. The molecule has 0 spiro atoms. The van der Waals surface area contributed by atoms with E-state index in [-0.39, 0.29) is 18.3 Å². The first-order chi connectivity index (χ1) is 12.5. The number of hydrogen-bond donors (Lipinski definition) is 1. The summed E-state index contributed by atoms with van der Waals surface area (Å²) in [6.07, 6.45) is 0.749. The number of benzene rings is 2. The van der Waals surface area contributed by atoms with Crippen LogP contribution in [-0.4, -0.2) is 30.8 Å². The van der Waals surface area contributed by atoms with E-state index in [9.17, 15) is 9.59 Å². The van der Waals surface area contributed by atoms with E-state index in [1.54, 1.807) is 0 Å². The van der Waals surface area contributed by atoms with Crippen molar-refractivity contribution >= 4 is 39.6 Å².